The lowest BCUT2D eigenvalue weighted by Gasteiger charge is -2.22. The summed E-state index contributed by atoms with van der Waals surface area (Å²) in [6.45, 7) is 4.75. The summed E-state index contributed by atoms with van der Waals surface area (Å²) in [4.78, 5) is 0. The van der Waals surface area contributed by atoms with Gasteiger partial charge in [0.15, 0.2) is 0 Å². The van der Waals surface area contributed by atoms with Crippen molar-refractivity contribution >= 4 is 44.4 Å². The Morgan fingerprint density at radius 3 is 2.28 bits per heavy atom. The van der Waals surface area contributed by atoms with E-state index in [2.05, 4.69) is 114 Å². The molecule has 2 aliphatic rings. The van der Waals surface area contributed by atoms with Gasteiger partial charge in [0.1, 0.15) is 0 Å². The Kier molecular flexibility index (Phi) is 2.86. The lowest BCUT2D eigenvalue weighted by Crippen LogP contribution is -2.15. The molecule has 0 radical (unpaired) electrons. The van der Waals surface area contributed by atoms with Gasteiger partial charge in [0.05, 0.1) is 16.7 Å². The molecule has 0 N–H and O–H groups in total. The van der Waals surface area contributed by atoms with E-state index in [0.717, 1.165) is 0 Å². The monoisotopic (exact) mass is 483 g/mol. The van der Waals surface area contributed by atoms with Crippen LogP contribution in [0.1, 0.15) is 25.0 Å². The first-order valence-electron chi connectivity index (χ1n) is 10.1. The maximum atomic E-state index is 2.53. The molecule has 0 bridgehead atoms. The van der Waals surface area contributed by atoms with Gasteiger partial charge in [-0.05, 0) is 57.0 Å². The fourth-order valence-corrected chi connectivity index (χ4v) is 6.48. The summed E-state index contributed by atoms with van der Waals surface area (Å²) in [5, 5.41) is 2.70. The molecule has 138 valence electrons. The predicted molar refractivity (Wildman–Crippen MR) is 130 cm³/mol. The van der Waals surface area contributed by atoms with Gasteiger partial charge in [0.25, 0.3) is 0 Å². The molecule has 2 heteroatoms. The van der Waals surface area contributed by atoms with Gasteiger partial charge < -0.3 is 4.57 Å². The first-order valence-corrected chi connectivity index (χ1v) is 11.2. The molecular formula is C27H18IN. The number of fused-ring (bicyclic) bond motifs is 6. The van der Waals surface area contributed by atoms with Gasteiger partial charge >= 0.3 is 0 Å². The Morgan fingerprint density at radius 1 is 0.655 bits per heavy atom. The number of nitrogens with zero attached hydrogens (tertiary/aromatic N) is 1. The third-order valence-electron chi connectivity index (χ3n) is 7.00. The first-order chi connectivity index (χ1) is 14.1. The molecule has 1 nitrogen and oxygen atoms in total. The number of hydrogen-bond acceptors (Lipinski definition) is 0. The third-order valence-corrected chi connectivity index (χ3v) is 7.87. The average molecular weight is 483 g/mol. The van der Waals surface area contributed by atoms with Crippen LogP contribution in [-0.2, 0) is 5.41 Å². The van der Waals surface area contributed by atoms with Crippen molar-refractivity contribution in [1.29, 1.82) is 0 Å². The van der Waals surface area contributed by atoms with E-state index in [1.54, 1.807) is 0 Å². The second-order valence-corrected chi connectivity index (χ2v) is 9.89. The van der Waals surface area contributed by atoms with Crippen molar-refractivity contribution in [1.82, 2.24) is 4.57 Å². The topological polar surface area (TPSA) is 4.93 Å². The number of benzene rings is 4. The number of halogens is 1. The normalized spacial score (nSPS) is 15.0. The van der Waals surface area contributed by atoms with Gasteiger partial charge in [0.2, 0.25) is 0 Å². The van der Waals surface area contributed by atoms with Crippen LogP contribution in [0.2, 0.25) is 0 Å². The van der Waals surface area contributed by atoms with Crippen LogP contribution in [0.5, 0.6) is 0 Å². The predicted octanol–water partition coefficient (Wildman–Crippen LogP) is 7.68. The van der Waals surface area contributed by atoms with Gasteiger partial charge in [-0.15, -0.1) is 0 Å². The van der Waals surface area contributed by atoms with Crippen LogP contribution in [0.4, 0.5) is 0 Å². The minimum Gasteiger partial charge on any atom is -0.307 e. The average Bonchev–Trinajstić information content (AvgIpc) is 3.14. The lowest BCUT2D eigenvalue weighted by molar-refractivity contribution is 0.661. The van der Waals surface area contributed by atoms with Crippen molar-refractivity contribution in [2.45, 2.75) is 19.3 Å². The Labute approximate surface area is 183 Å². The van der Waals surface area contributed by atoms with Gasteiger partial charge in [-0.25, -0.2) is 0 Å². The Bertz CT molecular complexity index is 1530. The first kappa shape index (κ1) is 16.2. The Hall–Kier alpha value is -2.59. The molecule has 0 atom stereocenters. The molecule has 0 spiro atoms. The highest BCUT2D eigenvalue weighted by atomic mass is 127. The highest BCUT2D eigenvalue weighted by Gasteiger charge is 2.40. The van der Waals surface area contributed by atoms with Crippen LogP contribution in [-0.4, -0.2) is 4.57 Å². The van der Waals surface area contributed by atoms with Crippen molar-refractivity contribution < 1.29 is 0 Å². The van der Waals surface area contributed by atoms with E-state index in [9.17, 15) is 0 Å². The van der Waals surface area contributed by atoms with Gasteiger partial charge in [-0.1, -0.05) is 74.5 Å². The molecule has 2 heterocycles. The smallest absolute Gasteiger partial charge is 0.0675 e. The molecule has 1 aliphatic carbocycles. The maximum Gasteiger partial charge on any atom is 0.0675 e. The minimum atomic E-state index is 0.00951. The fourth-order valence-electron chi connectivity index (χ4n) is 5.74. The van der Waals surface area contributed by atoms with Crippen molar-refractivity contribution in [2.24, 2.45) is 0 Å². The second-order valence-electron chi connectivity index (χ2n) is 8.73. The Balaban J connectivity index is 1.89. The molecule has 4 aromatic carbocycles. The van der Waals surface area contributed by atoms with Crippen molar-refractivity contribution in [2.75, 3.05) is 0 Å². The molecular weight excluding hydrogens is 465 g/mol. The van der Waals surface area contributed by atoms with Crippen LogP contribution in [0.15, 0.2) is 72.8 Å². The molecule has 0 unspecified atom stereocenters. The van der Waals surface area contributed by atoms with E-state index < -0.39 is 0 Å². The van der Waals surface area contributed by atoms with Gasteiger partial charge in [0, 0.05) is 30.9 Å². The van der Waals surface area contributed by atoms with E-state index in [1.807, 2.05) is 0 Å². The Morgan fingerprint density at radius 2 is 1.38 bits per heavy atom. The number of para-hydroxylation sites is 2. The van der Waals surface area contributed by atoms with Crippen LogP contribution in [0.3, 0.4) is 0 Å². The summed E-state index contributed by atoms with van der Waals surface area (Å²) < 4.78 is 3.83. The highest BCUT2D eigenvalue weighted by Crippen LogP contribution is 2.57. The number of rotatable bonds is 0. The third kappa shape index (κ3) is 1.74. The van der Waals surface area contributed by atoms with Crippen LogP contribution in [0, 0.1) is 3.57 Å². The lowest BCUT2D eigenvalue weighted by atomic mass is 9.81. The molecule has 1 aliphatic heterocycles. The van der Waals surface area contributed by atoms with Crippen molar-refractivity contribution in [3.63, 3.8) is 0 Å². The van der Waals surface area contributed by atoms with Crippen molar-refractivity contribution in [3.05, 3.63) is 87.5 Å². The second kappa shape index (κ2) is 5.11. The zero-order valence-electron chi connectivity index (χ0n) is 16.3. The van der Waals surface area contributed by atoms with Crippen molar-refractivity contribution in [3.8, 4) is 27.9 Å². The summed E-state index contributed by atoms with van der Waals surface area (Å²) in [5.74, 6) is 0. The van der Waals surface area contributed by atoms with Crippen LogP contribution in [0.25, 0.3) is 49.7 Å². The van der Waals surface area contributed by atoms with E-state index in [1.165, 1.54) is 64.4 Å². The van der Waals surface area contributed by atoms with E-state index >= 15 is 0 Å². The van der Waals surface area contributed by atoms with Crippen LogP contribution < -0.4 is 0 Å². The quantitative estimate of drug-likeness (QED) is 0.195. The summed E-state index contributed by atoms with van der Waals surface area (Å²) >= 11 is 2.50. The highest BCUT2D eigenvalue weighted by molar-refractivity contribution is 14.1. The number of aromatic nitrogens is 1. The molecule has 7 rings (SSSR count). The SMILES string of the molecule is CC1(C)c2cccc3c2-c2c1ccc1c4cccc(I)c4n(c21)-c1ccccc1-3. The maximum absolute atomic E-state index is 2.53. The van der Waals surface area contributed by atoms with E-state index in [0.29, 0.717) is 0 Å². The van der Waals surface area contributed by atoms with E-state index in [-0.39, 0.29) is 5.41 Å². The van der Waals surface area contributed by atoms with Gasteiger partial charge in [-0.3, -0.25) is 0 Å². The summed E-state index contributed by atoms with van der Waals surface area (Å²) in [6, 6.07) is 27.2. The van der Waals surface area contributed by atoms with Gasteiger partial charge in [-0.2, -0.15) is 0 Å². The molecule has 29 heavy (non-hydrogen) atoms. The summed E-state index contributed by atoms with van der Waals surface area (Å²) in [5.41, 5.74) is 12.4. The molecule has 0 fully saturated rings. The zero-order chi connectivity index (χ0) is 19.5. The minimum absolute atomic E-state index is 0.00951. The fraction of sp³-hybridized carbons (Fsp3) is 0.111. The molecule has 5 aromatic rings. The molecule has 0 amide bonds. The summed E-state index contributed by atoms with van der Waals surface area (Å²) in [7, 11) is 0. The standard InChI is InChI=1S/C27H18IN/c1-27(2)19-10-5-8-16-15-7-3-4-12-22(15)29-25-17(9-6-11-21(25)28)18-13-14-20(27)24(23(16)19)26(18)29/h3-14H,1-2H3. The zero-order valence-corrected chi connectivity index (χ0v) is 18.4. The number of hydrogen-bond donors (Lipinski definition) is 0. The summed E-state index contributed by atoms with van der Waals surface area (Å²) in [6.07, 6.45) is 0. The van der Waals surface area contributed by atoms with Crippen LogP contribution >= 0.6 is 22.6 Å². The largest absolute Gasteiger partial charge is 0.307 e. The van der Waals surface area contributed by atoms with E-state index in [4.69, 9.17) is 0 Å². The molecule has 0 saturated carbocycles. The molecule has 1 aromatic heterocycles. The molecule has 0 saturated heterocycles.